The van der Waals surface area contributed by atoms with Crippen LogP contribution in [0.2, 0.25) is 0 Å². The van der Waals surface area contributed by atoms with E-state index in [1.807, 2.05) is 0 Å². The lowest BCUT2D eigenvalue weighted by atomic mass is 9.93. The number of ketones is 1. The summed E-state index contributed by atoms with van der Waals surface area (Å²) in [5.74, 6) is -1.70. The molecule has 11 heteroatoms. The summed E-state index contributed by atoms with van der Waals surface area (Å²) in [7, 11) is -3.73. The van der Waals surface area contributed by atoms with Gasteiger partial charge in [-0.05, 0) is 59.1 Å². The van der Waals surface area contributed by atoms with Gasteiger partial charge in [0.2, 0.25) is 5.78 Å². The smallest absolute Gasteiger partial charge is 0.290 e. The van der Waals surface area contributed by atoms with Gasteiger partial charge in [0.05, 0.1) is 10.2 Å². The molecule has 0 radical (unpaired) electrons. The number of aliphatic imine (C=N–C) groups is 1. The molecule has 0 spiro atoms. The Bertz CT molecular complexity index is 1040. The normalized spacial score (nSPS) is 16.3. The van der Waals surface area contributed by atoms with Crippen LogP contribution in [0.1, 0.15) is 12.8 Å². The van der Waals surface area contributed by atoms with Crippen molar-refractivity contribution in [2.75, 3.05) is 17.8 Å². The Morgan fingerprint density at radius 3 is 2.43 bits per heavy atom. The summed E-state index contributed by atoms with van der Waals surface area (Å²) in [6.07, 6.45) is 0.560. The fourth-order valence-electron chi connectivity index (χ4n) is 3.09. The molecular formula is C19H20BrFN4O4S. The number of anilines is 1. The quantitative estimate of drug-likeness (QED) is 0.321. The maximum Gasteiger partial charge on any atom is 0.301 e. The Hall–Kier alpha value is -2.34. The van der Waals surface area contributed by atoms with Crippen molar-refractivity contribution in [3.05, 3.63) is 58.8 Å². The Labute approximate surface area is 182 Å². The minimum atomic E-state index is -3.73. The third-order valence-corrected chi connectivity index (χ3v) is 6.81. The van der Waals surface area contributed by atoms with Gasteiger partial charge < -0.3 is 0 Å². The molecule has 0 aliphatic carbocycles. The van der Waals surface area contributed by atoms with E-state index in [2.05, 4.69) is 25.6 Å². The zero-order valence-corrected chi connectivity index (χ0v) is 18.2. The molecule has 1 heterocycles. The summed E-state index contributed by atoms with van der Waals surface area (Å²) < 4.78 is 42.4. The lowest BCUT2D eigenvalue weighted by Crippen LogP contribution is -2.45. The zero-order valence-electron chi connectivity index (χ0n) is 15.8. The van der Waals surface area contributed by atoms with E-state index in [9.17, 15) is 22.8 Å². The first-order chi connectivity index (χ1) is 14.3. The molecule has 0 saturated carbocycles. The monoisotopic (exact) mass is 498 g/mol. The Morgan fingerprint density at radius 2 is 1.83 bits per heavy atom. The van der Waals surface area contributed by atoms with E-state index in [-0.39, 0.29) is 41.9 Å². The largest absolute Gasteiger partial charge is 0.301 e. The maximum atomic E-state index is 13.4. The Balaban J connectivity index is 1.65. The zero-order chi connectivity index (χ0) is 21.7. The van der Waals surface area contributed by atoms with Crippen molar-refractivity contribution >= 4 is 49.1 Å². The number of halogens is 2. The van der Waals surface area contributed by atoms with Gasteiger partial charge in [-0.2, -0.15) is 12.7 Å². The predicted octanol–water partition coefficient (Wildman–Crippen LogP) is 3.24. The van der Waals surface area contributed by atoms with Crippen LogP contribution in [-0.4, -0.2) is 42.6 Å². The molecule has 30 heavy (non-hydrogen) atoms. The fraction of sp³-hybridized carbons (Fsp3) is 0.263. The molecule has 3 N–H and O–H groups in total. The number of carbonyl (C=O) groups excluding carboxylic acids is 1. The Morgan fingerprint density at radius 1 is 1.17 bits per heavy atom. The number of benzene rings is 2. The van der Waals surface area contributed by atoms with E-state index in [0.717, 1.165) is 0 Å². The molecule has 0 aromatic heterocycles. The highest BCUT2D eigenvalue weighted by Crippen LogP contribution is 2.25. The van der Waals surface area contributed by atoms with Gasteiger partial charge in [-0.3, -0.25) is 14.7 Å². The third-order valence-electron chi connectivity index (χ3n) is 4.67. The number of carbonyl (C=O) groups is 1. The van der Waals surface area contributed by atoms with Gasteiger partial charge in [0.25, 0.3) is 0 Å². The summed E-state index contributed by atoms with van der Waals surface area (Å²) in [4.78, 5) is 16.8. The first-order valence-electron chi connectivity index (χ1n) is 9.11. The van der Waals surface area contributed by atoms with Crippen molar-refractivity contribution < 1.29 is 22.8 Å². The van der Waals surface area contributed by atoms with Crippen LogP contribution >= 0.6 is 15.9 Å². The number of hydroxylamine groups is 1. The van der Waals surface area contributed by atoms with Crippen molar-refractivity contribution in [3.8, 4) is 0 Å². The summed E-state index contributed by atoms with van der Waals surface area (Å²) >= 11 is 3.04. The standard InChI is InChI=1S/C19H20BrFN4O4S/c20-16-12-15(6-7-17(16)21)22-19(23-27)18(26)13-8-10-25(11-9-13)30(28,29)24-14-4-2-1-3-5-14/h1-7,12-13,24,27H,8-11H2,(H,22,23). The van der Waals surface area contributed by atoms with Crippen LogP contribution in [0.5, 0.6) is 0 Å². The average molecular weight is 499 g/mol. The molecule has 0 atom stereocenters. The van der Waals surface area contributed by atoms with Crippen LogP contribution in [0.15, 0.2) is 58.0 Å². The number of hydrogen-bond acceptors (Lipinski definition) is 5. The number of hydrogen-bond donors (Lipinski definition) is 3. The van der Waals surface area contributed by atoms with Gasteiger partial charge in [-0.25, -0.2) is 14.9 Å². The summed E-state index contributed by atoms with van der Waals surface area (Å²) in [5, 5.41) is 9.35. The van der Waals surface area contributed by atoms with Crippen LogP contribution < -0.4 is 10.2 Å². The molecule has 0 unspecified atom stereocenters. The number of rotatable bonds is 6. The van der Waals surface area contributed by atoms with E-state index in [1.54, 1.807) is 35.8 Å². The minimum absolute atomic E-state index is 0.152. The van der Waals surface area contributed by atoms with Gasteiger partial charge >= 0.3 is 10.2 Å². The summed E-state index contributed by atoms with van der Waals surface area (Å²) in [6, 6.07) is 12.5. The molecule has 1 aliphatic rings. The number of nitrogens with one attached hydrogen (secondary N) is 2. The minimum Gasteiger partial charge on any atom is -0.290 e. The number of nitrogens with zero attached hydrogens (tertiary/aromatic N) is 2. The highest BCUT2D eigenvalue weighted by molar-refractivity contribution is 9.10. The van der Waals surface area contributed by atoms with E-state index >= 15 is 0 Å². The highest BCUT2D eigenvalue weighted by atomic mass is 79.9. The molecule has 1 fully saturated rings. The van der Waals surface area contributed by atoms with Crippen LogP contribution in [-0.2, 0) is 15.0 Å². The average Bonchev–Trinajstić information content (AvgIpc) is 2.74. The lowest BCUT2D eigenvalue weighted by molar-refractivity contribution is -0.118. The molecule has 1 saturated heterocycles. The fourth-order valence-corrected chi connectivity index (χ4v) is 4.71. The second-order valence-corrected chi connectivity index (χ2v) is 9.21. The van der Waals surface area contributed by atoms with Crippen molar-refractivity contribution in [2.24, 2.45) is 10.9 Å². The molecule has 8 nitrogen and oxygen atoms in total. The van der Waals surface area contributed by atoms with Crippen LogP contribution in [0.3, 0.4) is 0 Å². The van der Waals surface area contributed by atoms with Gasteiger partial charge in [-0.1, -0.05) is 18.2 Å². The number of amidine groups is 1. The molecule has 2 aromatic rings. The summed E-state index contributed by atoms with van der Waals surface area (Å²) in [5.41, 5.74) is 2.54. The van der Waals surface area contributed by atoms with Gasteiger partial charge in [0.1, 0.15) is 5.82 Å². The molecule has 3 rings (SSSR count). The molecule has 0 amide bonds. The van der Waals surface area contributed by atoms with Gasteiger partial charge in [0, 0.05) is 24.7 Å². The van der Waals surface area contributed by atoms with Gasteiger partial charge in [0.15, 0.2) is 5.84 Å². The summed E-state index contributed by atoms with van der Waals surface area (Å²) in [6.45, 7) is 0.304. The van der Waals surface area contributed by atoms with Crippen LogP contribution in [0, 0.1) is 11.7 Å². The molecule has 1 aliphatic heterocycles. The van der Waals surface area contributed by atoms with Crippen LogP contribution in [0.4, 0.5) is 15.8 Å². The van der Waals surface area contributed by atoms with E-state index in [0.29, 0.717) is 5.69 Å². The lowest BCUT2D eigenvalue weighted by Gasteiger charge is -2.30. The van der Waals surface area contributed by atoms with Crippen molar-refractivity contribution in [1.82, 2.24) is 9.79 Å². The second kappa shape index (κ2) is 9.65. The maximum absolute atomic E-state index is 13.4. The number of para-hydroxylation sites is 1. The predicted molar refractivity (Wildman–Crippen MR) is 114 cm³/mol. The van der Waals surface area contributed by atoms with E-state index in [4.69, 9.17) is 0 Å². The van der Waals surface area contributed by atoms with Crippen LogP contribution in [0.25, 0.3) is 0 Å². The SMILES string of the molecule is O=C(C(=Nc1ccc(F)c(Br)c1)NO)C1CCN(S(=O)(=O)Nc2ccccc2)CC1. The number of Topliss-reactive ketones (excluding diaryl/α,β-unsaturated/α-hetero) is 1. The van der Waals surface area contributed by atoms with Crippen molar-refractivity contribution in [1.29, 1.82) is 0 Å². The van der Waals surface area contributed by atoms with E-state index < -0.39 is 27.7 Å². The highest BCUT2D eigenvalue weighted by Gasteiger charge is 2.33. The van der Waals surface area contributed by atoms with Crippen molar-refractivity contribution in [3.63, 3.8) is 0 Å². The molecule has 160 valence electrons. The molecular weight excluding hydrogens is 479 g/mol. The third kappa shape index (κ3) is 5.42. The topological polar surface area (TPSA) is 111 Å². The molecule has 0 bridgehead atoms. The molecule has 2 aromatic carbocycles. The van der Waals surface area contributed by atoms with E-state index in [1.165, 1.54) is 22.5 Å². The first kappa shape index (κ1) is 22.3. The Kier molecular flexibility index (Phi) is 7.19. The number of piperidine rings is 1. The second-order valence-electron chi connectivity index (χ2n) is 6.68. The first-order valence-corrected chi connectivity index (χ1v) is 11.3. The van der Waals surface area contributed by atoms with Gasteiger partial charge in [-0.15, -0.1) is 0 Å². The van der Waals surface area contributed by atoms with Crippen molar-refractivity contribution in [2.45, 2.75) is 12.8 Å².